The lowest BCUT2D eigenvalue weighted by Crippen LogP contribution is -2.48. The molecule has 3 rings (SSSR count). The standard InChI is InChI=1S/C26H34N2O4S/c1-4-12-27(16-21(29)18-31-14-5-2)17-26(30)28-13-10-25-22(11-15-33-25)23(28)19-32-24-9-7-6-8-20(24)3/h2,6-9,11,15,21,23,29H,4,10,12-14,16-19H2,1,3H3/t21-,23-/m1/s1. The number of aliphatic hydroxyl groups is 1. The van der Waals surface area contributed by atoms with Crippen LogP contribution in [0.2, 0.25) is 0 Å². The topological polar surface area (TPSA) is 62.2 Å². The molecule has 2 heterocycles. The number of fused-ring (bicyclic) bond motifs is 1. The number of aliphatic hydroxyl groups excluding tert-OH is 1. The summed E-state index contributed by atoms with van der Waals surface area (Å²) in [5.74, 6) is 3.29. The molecule has 0 saturated carbocycles. The molecule has 2 aromatic rings. The summed E-state index contributed by atoms with van der Waals surface area (Å²) in [5, 5.41) is 12.4. The Morgan fingerprint density at radius 1 is 1.39 bits per heavy atom. The second-order valence-electron chi connectivity index (χ2n) is 8.34. The van der Waals surface area contributed by atoms with Crippen molar-refractivity contribution in [3.05, 3.63) is 51.7 Å². The number of aryl methyl sites for hydroxylation is 1. The molecule has 1 aliphatic rings. The van der Waals surface area contributed by atoms with Crippen molar-refractivity contribution in [2.45, 2.75) is 38.8 Å². The minimum Gasteiger partial charge on any atom is -0.491 e. The lowest BCUT2D eigenvalue weighted by Gasteiger charge is -2.37. The van der Waals surface area contributed by atoms with Gasteiger partial charge in [-0.3, -0.25) is 9.69 Å². The van der Waals surface area contributed by atoms with Gasteiger partial charge < -0.3 is 19.5 Å². The van der Waals surface area contributed by atoms with Crippen molar-refractivity contribution in [2.24, 2.45) is 0 Å². The molecule has 0 saturated heterocycles. The number of terminal acetylenes is 1. The van der Waals surface area contributed by atoms with Gasteiger partial charge in [-0.2, -0.15) is 0 Å². The molecule has 33 heavy (non-hydrogen) atoms. The first-order chi connectivity index (χ1) is 16.0. The van der Waals surface area contributed by atoms with Crippen LogP contribution in [0.1, 0.15) is 35.4 Å². The van der Waals surface area contributed by atoms with Crippen LogP contribution in [0.25, 0.3) is 0 Å². The zero-order valence-electron chi connectivity index (χ0n) is 19.5. The van der Waals surface area contributed by atoms with E-state index in [1.807, 2.05) is 41.0 Å². The van der Waals surface area contributed by atoms with Crippen molar-refractivity contribution in [1.29, 1.82) is 0 Å². The minimum absolute atomic E-state index is 0.0513. The van der Waals surface area contributed by atoms with Gasteiger partial charge in [0, 0.05) is 18.0 Å². The molecule has 1 aromatic carbocycles. The van der Waals surface area contributed by atoms with Crippen molar-refractivity contribution in [2.75, 3.05) is 46.0 Å². The van der Waals surface area contributed by atoms with E-state index in [1.165, 1.54) is 10.4 Å². The number of nitrogens with zero attached hydrogens (tertiary/aromatic N) is 2. The van der Waals surface area contributed by atoms with E-state index in [4.69, 9.17) is 15.9 Å². The first kappa shape index (κ1) is 25.3. The molecule has 1 aliphatic heterocycles. The highest BCUT2D eigenvalue weighted by molar-refractivity contribution is 7.10. The van der Waals surface area contributed by atoms with Crippen LogP contribution in [0, 0.1) is 19.3 Å². The van der Waals surface area contributed by atoms with Crippen LogP contribution in [0.3, 0.4) is 0 Å². The first-order valence-electron chi connectivity index (χ1n) is 11.5. The largest absolute Gasteiger partial charge is 0.491 e. The van der Waals surface area contributed by atoms with Crippen LogP contribution < -0.4 is 4.74 Å². The van der Waals surface area contributed by atoms with Gasteiger partial charge in [-0.05, 0) is 54.9 Å². The molecule has 6 nitrogen and oxygen atoms in total. The molecule has 0 radical (unpaired) electrons. The van der Waals surface area contributed by atoms with Gasteiger partial charge in [0.2, 0.25) is 5.91 Å². The minimum atomic E-state index is -0.692. The average molecular weight is 471 g/mol. The summed E-state index contributed by atoms with van der Waals surface area (Å²) in [6, 6.07) is 9.93. The maximum Gasteiger partial charge on any atom is 0.237 e. The van der Waals surface area contributed by atoms with Gasteiger partial charge >= 0.3 is 0 Å². The normalized spacial score (nSPS) is 16.3. The van der Waals surface area contributed by atoms with Crippen LogP contribution in [0.5, 0.6) is 5.75 Å². The summed E-state index contributed by atoms with van der Waals surface area (Å²) in [6.07, 6.45) is 6.25. The van der Waals surface area contributed by atoms with Crippen LogP contribution in [-0.4, -0.2) is 72.9 Å². The SMILES string of the molecule is C#CCOC[C@H](O)CN(CCC)CC(=O)N1CCc2sccc2[C@H]1COc1ccccc1C. The molecule has 2 atom stereocenters. The van der Waals surface area contributed by atoms with Crippen molar-refractivity contribution in [3.63, 3.8) is 0 Å². The fourth-order valence-electron chi connectivity index (χ4n) is 4.20. The number of rotatable bonds is 12. The number of hydrogen-bond acceptors (Lipinski definition) is 6. The fraction of sp³-hybridized carbons (Fsp3) is 0.500. The Kier molecular flexibility index (Phi) is 9.76. The number of ether oxygens (including phenoxy) is 2. The van der Waals surface area contributed by atoms with E-state index in [0.717, 1.165) is 30.7 Å². The van der Waals surface area contributed by atoms with Crippen molar-refractivity contribution in [3.8, 4) is 18.1 Å². The summed E-state index contributed by atoms with van der Waals surface area (Å²) in [6.45, 7) is 6.84. The number of carbonyl (C=O) groups excluding carboxylic acids is 1. The third-order valence-electron chi connectivity index (χ3n) is 5.77. The predicted octanol–water partition coefficient (Wildman–Crippen LogP) is 3.28. The molecule has 7 heteroatoms. The molecule has 1 amide bonds. The molecule has 0 aliphatic carbocycles. The summed E-state index contributed by atoms with van der Waals surface area (Å²) < 4.78 is 11.4. The Morgan fingerprint density at radius 3 is 2.97 bits per heavy atom. The summed E-state index contributed by atoms with van der Waals surface area (Å²) in [4.78, 5) is 18.7. The van der Waals surface area contributed by atoms with Crippen molar-refractivity contribution >= 4 is 17.2 Å². The molecule has 0 unspecified atom stereocenters. The Morgan fingerprint density at radius 2 is 2.21 bits per heavy atom. The zero-order valence-corrected chi connectivity index (χ0v) is 20.4. The number of benzene rings is 1. The first-order valence-corrected chi connectivity index (χ1v) is 12.4. The van der Waals surface area contributed by atoms with Gasteiger partial charge in [0.25, 0.3) is 0 Å². The number of amides is 1. The molecule has 0 bridgehead atoms. The van der Waals surface area contributed by atoms with Crippen LogP contribution in [0.4, 0.5) is 0 Å². The van der Waals surface area contributed by atoms with E-state index >= 15 is 0 Å². The van der Waals surface area contributed by atoms with Gasteiger partial charge in [-0.15, -0.1) is 17.8 Å². The molecular formula is C26H34N2O4S. The lowest BCUT2D eigenvalue weighted by molar-refractivity contribution is -0.136. The summed E-state index contributed by atoms with van der Waals surface area (Å²) in [5.41, 5.74) is 2.25. The van der Waals surface area contributed by atoms with E-state index in [2.05, 4.69) is 24.3 Å². The second kappa shape index (κ2) is 12.8. The van der Waals surface area contributed by atoms with Gasteiger partial charge in [0.15, 0.2) is 0 Å². The molecule has 0 fully saturated rings. The number of hydrogen-bond donors (Lipinski definition) is 1. The summed E-state index contributed by atoms with van der Waals surface area (Å²) in [7, 11) is 0. The summed E-state index contributed by atoms with van der Waals surface area (Å²) >= 11 is 1.74. The average Bonchev–Trinajstić information content (AvgIpc) is 3.28. The van der Waals surface area contributed by atoms with Crippen molar-refractivity contribution in [1.82, 2.24) is 9.80 Å². The number of carbonyl (C=O) groups is 1. The maximum atomic E-state index is 13.4. The molecule has 0 spiro atoms. The van der Waals surface area contributed by atoms with Crippen LogP contribution in [-0.2, 0) is 16.0 Å². The Bertz CT molecular complexity index is 938. The van der Waals surface area contributed by atoms with Gasteiger partial charge in [0.1, 0.15) is 19.0 Å². The van der Waals surface area contributed by atoms with Gasteiger partial charge in [-0.1, -0.05) is 31.0 Å². The number of thiophene rings is 1. The quantitative estimate of drug-likeness (QED) is 0.381. The Labute approximate surface area is 201 Å². The van der Waals surface area contributed by atoms with Gasteiger partial charge in [0.05, 0.1) is 25.3 Å². The number of para-hydroxylation sites is 1. The highest BCUT2D eigenvalue weighted by Crippen LogP contribution is 2.34. The van der Waals surface area contributed by atoms with E-state index in [-0.39, 0.29) is 31.7 Å². The molecule has 1 aromatic heterocycles. The molecule has 1 N–H and O–H groups in total. The van der Waals surface area contributed by atoms with Crippen LogP contribution >= 0.6 is 11.3 Å². The smallest absolute Gasteiger partial charge is 0.237 e. The highest BCUT2D eigenvalue weighted by atomic mass is 32.1. The third-order valence-corrected chi connectivity index (χ3v) is 6.77. The fourth-order valence-corrected chi connectivity index (χ4v) is 5.13. The third kappa shape index (κ3) is 7.05. The lowest BCUT2D eigenvalue weighted by atomic mass is 10.00. The maximum absolute atomic E-state index is 13.4. The second-order valence-corrected chi connectivity index (χ2v) is 9.34. The predicted molar refractivity (Wildman–Crippen MR) is 132 cm³/mol. The molecule has 178 valence electrons. The van der Waals surface area contributed by atoms with Gasteiger partial charge in [-0.25, -0.2) is 0 Å². The zero-order chi connectivity index (χ0) is 23.6. The van der Waals surface area contributed by atoms with Crippen LogP contribution in [0.15, 0.2) is 35.7 Å². The molecular weight excluding hydrogens is 436 g/mol. The monoisotopic (exact) mass is 470 g/mol. The highest BCUT2D eigenvalue weighted by Gasteiger charge is 2.33. The van der Waals surface area contributed by atoms with E-state index < -0.39 is 6.10 Å². The van der Waals surface area contributed by atoms with Crippen molar-refractivity contribution < 1.29 is 19.4 Å². The van der Waals surface area contributed by atoms with E-state index in [0.29, 0.717) is 19.7 Å². The van der Waals surface area contributed by atoms with E-state index in [9.17, 15) is 9.90 Å². The Balaban J connectivity index is 1.68. The van der Waals surface area contributed by atoms with E-state index in [1.54, 1.807) is 11.3 Å². The Hall–Kier alpha value is -2.37.